The standard InChI is InChI=1S/C14H18N2/c1-10-11(13-8-15-9-16-13)6-5-7-12(10)14(2,3)4/h5-9H,1-4H3,(H,15,16). The molecule has 0 bridgehead atoms. The molecule has 0 saturated heterocycles. The van der Waals surface area contributed by atoms with Crippen molar-refractivity contribution in [2.75, 3.05) is 0 Å². The lowest BCUT2D eigenvalue weighted by Crippen LogP contribution is -2.13. The largest absolute Gasteiger partial charge is 0.345 e. The number of imidazole rings is 1. The molecule has 2 aromatic rings. The number of hydrogen-bond donors (Lipinski definition) is 1. The average Bonchev–Trinajstić information content (AvgIpc) is 2.69. The van der Waals surface area contributed by atoms with Crippen LogP contribution < -0.4 is 0 Å². The molecule has 2 heteroatoms. The van der Waals surface area contributed by atoms with Gasteiger partial charge in [0.15, 0.2) is 0 Å². The van der Waals surface area contributed by atoms with Gasteiger partial charge in [0.1, 0.15) is 0 Å². The van der Waals surface area contributed by atoms with E-state index in [4.69, 9.17) is 0 Å². The van der Waals surface area contributed by atoms with Crippen LogP contribution in [0.5, 0.6) is 0 Å². The van der Waals surface area contributed by atoms with E-state index in [9.17, 15) is 0 Å². The summed E-state index contributed by atoms with van der Waals surface area (Å²) in [5.74, 6) is 0. The lowest BCUT2D eigenvalue weighted by molar-refractivity contribution is 0.586. The second-order valence-electron chi connectivity index (χ2n) is 5.19. The summed E-state index contributed by atoms with van der Waals surface area (Å²) in [5, 5.41) is 0. The van der Waals surface area contributed by atoms with E-state index in [1.54, 1.807) is 6.33 Å². The van der Waals surface area contributed by atoms with E-state index in [0.29, 0.717) is 0 Å². The van der Waals surface area contributed by atoms with Crippen LogP contribution in [-0.2, 0) is 5.41 Å². The zero-order chi connectivity index (χ0) is 11.8. The highest BCUT2D eigenvalue weighted by molar-refractivity contribution is 5.65. The van der Waals surface area contributed by atoms with Crippen LogP contribution in [0.4, 0.5) is 0 Å². The summed E-state index contributed by atoms with van der Waals surface area (Å²) < 4.78 is 0. The Hall–Kier alpha value is -1.57. The van der Waals surface area contributed by atoms with Crippen molar-refractivity contribution in [3.8, 4) is 11.3 Å². The second-order valence-corrected chi connectivity index (χ2v) is 5.19. The topological polar surface area (TPSA) is 28.7 Å². The van der Waals surface area contributed by atoms with Crippen LogP contribution in [0, 0.1) is 6.92 Å². The van der Waals surface area contributed by atoms with E-state index in [2.05, 4.69) is 55.9 Å². The number of nitrogens with one attached hydrogen (secondary N) is 1. The minimum Gasteiger partial charge on any atom is -0.345 e. The van der Waals surface area contributed by atoms with Crippen molar-refractivity contribution in [3.63, 3.8) is 0 Å². The molecule has 1 aromatic heterocycles. The van der Waals surface area contributed by atoms with Crippen LogP contribution in [-0.4, -0.2) is 9.97 Å². The van der Waals surface area contributed by atoms with Gasteiger partial charge in [0.25, 0.3) is 0 Å². The Morgan fingerprint density at radius 3 is 2.50 bits per heavy atom. The van der Waals surface area contributed by atoms with Gasteiger partial charge in [-0.05, 0) is 23.5 Å². The third-order valence-corrected chi connectivity index (χ3v) is 2.93. The molecule has 1 N–H and O–H groups in total. The Labute approximate surface area is 96.7 Å². The minimum atomic E-state index is 0.181. The van der Waals surface area contributed by atoms with Crippen molar-refractivity contribution in [2.24, 2.45) is 0 Å². The molecule has 0 saturated carbocycles. The maximum absolute atomic E-state index is 4.08. The molecule has 0 atom stereocenters. The Balaban J connectivity index is 2.58. The van der Waals surface area contributed by atoms with Gasteiger partial charge in [0.05, 0.1) is 18.2 Å². The van der Waals surface area contributed by atoms with E-state index < -0.39 is 0 Å². The molecule has 0 radical (unpaired) electrons. The molecule has 1 aromatic carbocycles. The fourth-order valence-electron chi connectivity index (χ4n) is 2.14. The number of rotatable bonds is 1. The first kappa shape index (κ1) is 10.9. The summed E-state index contributed by atoms with van der Waals surface area (Å²) in [7, 11) is 0. The summed E-state index contributed by atoms with van der Waals surface area (Å²) in [6, 6.07) is 6.46. The number of nitrogens with zero attached hydrogens (tertiary/aromatic N) is 1. The van der Waals surface area contributed by atoms with E-state index in [1.165, 1.54) is 16.7 Å². The molecule has 84 valence electrons. The molecule has 2 nitrogen and oxygen atoms in total. The van der Waals surface area contributed by atoms with Crippen molar-refractivity contribution in [3.05, 3.63) is 41.9 Å². The van der Waals surface area contributed by atoms with Crippen LogP contribution in [0.15, 0.2) is 30.7 Å². The number of aromatic nitrogens is 2. The van der Waals surface area contributed by atoms with Gasteiger partial charge in [-0.2, -0.15) is 0 Å². The molecule has 0 spiro atoms. The zero-order valence-corrected chi connectivity index (χ0v) is 10.3. The monoisotopic (exact) mass is 214 g/mol. The van der Waals surface area contributed by atoms with Crippen LogP contribution >= 0.6 is 0 Å². The van der Waals surface area contributed by atoms with Crippen LogP contribution in [0.25, 0.3) is 11.3 Å². The molecule has 0 fully saturated rings. The molecule has 0 aliphatic rings. The summed E-state index contributed by atoms with van der Waals surface area (Å²) in [5.41, 5.74) is 5.23. The Kier molecular flexibility index (Phi) is 2.58. The molecule has 0 aliphatic heterocycles. The van der Waals surface area contributed by atoms with E-state index in [-0.39, 0.29) is 5.41 Å². The molecule has 2 rings (SSSR count). The highest BCUT2D eigenvalue weighted by Crippen LogP contribution is 2.31. The predicted octanol–water partition coefficient (Wildman–Crippen LogP) is 3.68. The Morgan fingerprint density at radius 2 is 1.94 bits per heavy atom. The smallest absolute Gasteiger partial charge is 0.0924 e. The minimum absolute atomic E-state index is 0.181. The maximum Gasteiger partial charge on any atom is 0.0924 e. The second kappa shape index (κ2) is 3.78. The van der Waals surface area contributed by atoms with Gasteiger partial charge in [-0.3, -0.25) is 0 Å². The zero-order valence-electron chi connectivity index (χ0n) is 10.3. The molecule has 0 unspecified atom stereocenters. The highest BCUT2D eigenvalue weighted by atomic mass is 14.9. The molecule has 0 aliphatic carbocycles. The SMILES string of the molecule is Cc1c(-c2cnc[nH]2)cccc1C(C)(C)C. The maximum atomic E-state index is 4.08. The number of benzene rings is 1. The lowest BCUT2D eigenvalue weighted by Gasteiger charge is -2.23. The quantitative estimate of drug-likeness (QED) is 0.770. The van der Waals surface area contributed by atoms with Gasteiger partial charge >= 0.3 is 0 Å². The van der Waals surface area contributed by atoms with Gasteiger partial charge in [-0.25, -0.2) is 4.98 Å². The van der Waals surface area contributed by atoms with E-state index >= 15 is 0 Å². The van der Waals surface area contributed by atoms with Crippen molar-refractivity contribution in [1.29, 1.82) is 0 Å². The van der Waals surface area contributed by atoms with Crippen molar-refractivity contribution in [2.45, 2.75) is 33.1 Å². The molecule has 0 amide bonds. The number of aromatic amines is 1. The summed E-state index contributed by atoms with van der Waals surface area (Å²) in [4.78, 5) is 7.24. The highest BCUT2D eigenvalue weighted by Gasteiger charge is 2.18. The summed E-state index contributed by atoms with van der Waals surface area (Å²) in [6.45, 7) is 8.90. The number of hydrogen-bond acceptors (Lipinski definition) is 1. The average molecular weight is 214 g/mol. The lowest BCUT2D eigenvalue weighted by atomic mass is 9.82. The first-order valence-electron chi connectivity index (χ1n) is 5.59. The fourth-order valence-corrected chi connectivity index (χ4v) is 2.14. The molecular weight excluding hydrogens is 196 g/mol. The van der Waals surface area contributed by atoms with E-state index in [0.717, 1.165) is 5.69 Å². The normalized spacial score (nSPS) is 11.8. The third-order valence-electron chi connectivity index (χ3n) is 2.93. The van der Waals surface area contributed by atoms with Crippen molar-refractivity contribution >= 4 is 0 Å². The van der Waals surface area contributed by atoms with Crippen LogP contribution in [0.1, 0.15) is 31.9 Å². The van der Waals surface area contributed by atoms with Gasteiger partial charge in [0.2, 0.25) is 0 Å². The molecule has 16 heavy (non-hydrogen) atoms. The van der Waals surface area contributed by atoms with Gasteiger partial charge in [0, 0.05) is 5.56 Å². The van der Waals surface area contributed by atoms with Gasteiger partial charge < -0.3 is 4.98 Å². The first-order chi connectivity index (χ1) is 7.50. The summed E-state index contributed by atoms with van der Waals surface area (Å²) in [6.07, 6.45) is 3.59. The van der Waals surface area contributed by atoms with Crippen LogP contribution in [0.2, 0.25) is 0 Å². The fraction of sp³-hybridized carbons (Fsp3) is 0.357. The van der Waals surface area contributed by atoms with Gasteiger partial charge in [-0.15, -0.1) is 0 Å². The van der Waals surface area contributed by atoms with Crippen LogP contribution in [0.3, 0.4) is 0 Å². The number of H-pyrrole nitrogens is 1. The predicted molar refractivity (Wildman–Crippen MR) is 67.5 cm³/mol. The Bertz CT molecular complexity index is 476. The van der Waals surface area contributed by atoms with Crippen molar-refractivity contribution < 1.29 is 0 Å². The summed E-state index contributed by atoms with van der Waals surface area (Å²) >= 11 is 0. The van der Waals surface area contributed by atoms with Gasteiger partial charge in [-0.1, -0.05) is 39.0 Å². The van der Waals surface area contributed by atoms with E-state index in [1.807, 2.05) is 6.20 Å². The first-order valence-corrected chi connectivity index (χ1v) is 5.59. The third kappa shape index (κ3) is 1.87. The molecule has 1 heterocycles. The Morgan fingerprint density at radius 1 is 1.19 bits per heavy atom. The molecular formula is C14H18N2. The van der Waals surface area contributed by atoms with Crippen molar-refractivity contribution in [1.82, 2.24) is 9.97 Å².